The highest BCUT2D eigenvalue weighted by molar-refractivity contribution is 9.10. The summed E-state index contributed by atoms with van der Waals surface area (Å²) in [6.45, 7) is 0.192. The molecular formula is C18H10BrCl2NO. The van der Waals surface area contributed by atoms with Crippen molar-refractivity contribution >= 4 is 50.8 Å². The van der Waals surface area contributed by atoms with Crippen molar-refractivity contribution in [1.29, 1.82) is 5.26 Å². The fourth-order valence-electron chi connectivity index (χ4n) is 1.89. The van der Waals surface area contributed by atoms with Crippen LogP contribution >= 0.6 is 39.1 Å². The molecule has 0 aromatic heterocycles. The van der Waals surface area contributed by atoms with Gasteiger partial charge in [0, 0.05) is 10.6 Å². The summed E-state index contributed by atoms with van der Waals surface area (Å²) in [5.41, 5.74) is 1.89. The first-order valence-electron chi connectivity index (χ1n) is 6.48. The molecule has 0 unspecified atom stereocenters. The highest BCUT2D eigenvalue weighted by Gasteiger charge is 2.08. The molecule has 0 fully saturated rings. The fourth-order valence-corrected chi connectivity index (χ4v) is 2.91. The Balaban J connectivity index is 2.37. The summed E-state index contributed by atoms with van der Waals surface area (Å²) in [6.07, 6.45) is 6.91. The Morgan fingerprint density at radius 2 is 2.04 bits per heavy atom. The standard InChI is InChI=1S/C18H10BrCl2NO/c1-2-7-23-18-6-3-12(9-16(18)19)8-13(11-22)15-5-4-14(20)10-17(15)21/h1,3-6,8-10H,7H2/b13-8+. The number of rotatable bonds is 4. The maximum atomic E-state index is 9.41. The molecule has 0 spiro atoms. The number of allylic oxidation sites excluding steroid dienone is 1. The first-order valence-corrected chi connectivity index (χ1v) is 8.03. The van der Waals surface area contributed by atoms with E-state index < -0.39 is 0 Å². The van der Waals surface area contributed by atoms with Crippen LogP contribution in [0.25, 0.3) is 11.6 Å². The lowest BCUT2D eigenvalue weighted by molar-refractivity contribution is 0.368. The zero-order valence-corrected chi connectivity index (χ0v) is 14.9. The molecule has 2 aromatic rings. The smallest absolute Gasteiger partial charge is 0.148 e. The van der Waals surface area contributed by atoms with Crippen molar-refractivity contribution in [2.24, 2.45) is 0 Å². The summed E-state index contributed by atoms with van der Waals surface area (Å²) in [6, 6.07) is 12.6. The minimum absolute atomic E-state index is 0.192. The lowest BCUT2D eigenvalue weighted by Gasteiger charge is -2.07. The second-order valence-electron chi connectivity index (χ2n) is 4.48. The Morgan fingerprint density at radius 1 is 1.26 bits per heavy atom. The monoisotopic (exact) mass is 405 g/mol. The first-order chi connectivity index (χ1) is 11.0. The Kier molecular flexibility index (Phi) is 6.13. The summed E-state index contributed by atoms with van der Waals surface area (Å²) < 4.78 is 6.14. The number of benzene rings is 2. The van der Waals surface area contributed by atoms with E-state index in [1.165, 1.54) is 0 Å². The molecule has 0 aliphatic carbocycles. The van der Waals surface area contributed by atoms with E-state index in [4.69, 9.17) is 34.4 Å². The van der Waals surface area contributed by atoms with Gasteiger partial charge < -0.3 is 4.74 Å². The Bertz CT molecular complexity index is 847. The van der Waals surface area contributed by atoms with Gasteiger partial charge >= 0.3 is 0 Å². The first kappa shape index (κ1) is 17.4. The molecule has 0 radical (unpaired) electrons. The van der Waals surface area contributed by atoms with Crippen molar-refractivity contribution < 1.29 is 4.74 Å². The van der Waals surface area contributed by atoms with Crippen LogP contribution < -0.4 is 4.74 Å². The van der Waals surface area contributed by atoms with Gasteiger partial charge in [-0.05, 0) is 51.8 Å². The van der Waals surface area contributed by atoms with Crippen LogP contribution in [0.1, 0.15) is 11.1 Å². The largest absolute Gasteiger partial charge is 0.480 e. The highest BCUT2D eigenvalue weighted by atomic mass is 79.9. The molecule has 0 amide bonds. The van der Waals surface area contributed by atoms with Crippen LogP contribution in [0.5, 0.6) is 5.75 Å². The van der Waals surface area contributed by atoms with E-state index in [-0.39, 0.29) is 6.61 Å². The average molecular weight is 407 g/mol. The molecule has 2 nitrogen and oxygen atoms in total. The lowest BCUT2D eigenvalue weighted by Crippen LogP contribution is -1.94. The summed E-state index contributed by atoms with van der Waals surface area (Å²) in [4.78, 5) is 0. The van der Waals surface area contributed by atoms with Gasteiger partial charge in [0.05, 0.1) is 21.1 Å². The molecule has 0 saturated carbocycles. The topological polar surface area (TPSA) is 33.0 Å². The number of terminal acetylenes is 1. The molecule has 0 heterocycles. The van der Waals surface area contributed by atoms with Gasteiger partial charge in [0.1, 0.15) is 12.4 Å². The number of halogens is 3. The fraction of sp³-hybridized carbons (Fsp3) is 0.0556. The maximum Gasteiger partial charge on any atom is 0.148 e. The van der Waals surface area contributed by atoms with Crippen LogP contribution in [-0.4, -0.2) is 6.61 Å². The summed E-state index contributed by atoms with van der Waals surface area (Å²) in [5, 5.41) is 10.4. The van der Waals surface area contributed by atoms with E-state index in [9.17, 15) is 5.26 Å². The van der Waals surface area contributed by atoms with Crippen molar-refractivity contribution in [1.82, 2.24) is 0 Å². The van der Waals surface area contributed by atoms with Gasteiger partial charge in [-0.1, -0.05) is 41.3 Å². The van der Waals surface area contributed by atoms with Crippen molar-refractivity contribution in [3.8, 4) is 24.2 Å². The highest BCUT2D eigenvalue weighted by Crippen LogP contribution is 2.30. The van der Waals surface area contributed by atoms with Crippen LogP contribution in [0.3, 0.4) is 0 Å². The number of nitrogens with zero attached hydrogens (tertiary/aromatic N) is 1. The van der Waals surface area contributed by atoms with E-state index in [1.54, 1.807) is 30.3 Å². The zero-order valence-electron chi connectivity index (χ0n) is 11.8. The third kappa shape index (κ3) is 4.53. The number of hydrogen-bond donors (Lipinski definition) is 0. The van der Waals surface area contributed by atoms with Crippen molar-refractivity contribution in [3.63, 3.8) is 0 Å². The third-order valence-corrected chi connectivity index (χ3v) is 4.09. The lowest BCUT2D eigenvalue weighted by atomic mass is 10.0. The predicted molar refractivity (Wildman–Crippen MR) is 98.4 cm³/mol. The number of hydrogen-bond acceptors (Lipinski definition) is 2. The van der Waals surface area contributed by atoms with Crippen LogP contribution in [-0.2, 0) is 0 Å². The minimum Gasteiger partial charge on any atom is -0.480 e. The van der Waals surface area contributed by atoms with Gasteiger partial charge in [-0.2, -0.15) is 5.26 Å². The maximum absolute atomic E-state index is 9.41. The zero-order chi connectivity index (χ0) is 16.8. The van der Waals surface area contributed by atoms with Gasteiger partial charge in [-0.3, -0.25) is 0 Å². The van der Waals surface area contributed by atoms with Gasteiger partial charge in [-0.25, -0.2) is 0 Å². The normalized spacial score (nSPS) is 10.7. The van der Waals surface area contributed by atoms with Crippen molar-refractivity contribution in [2.45, 2.75) is 0 Å². The molecule has 0 atom stereocenters. The summed E-state index contributed by atoms with van der Waals surface area (Å²) in [5.74, 6) is 3.05. The molecule has 0 saturated heterocycles. The van der Waals surface area contributed by atoms with E-state index in [0.717, 1.165) is 10.0 Å². The Labute approximate surface area is 153 Å². The minimum atomic E-state index is 0.192. The molecule has 0 aliphatic rings. The molecule has 2 rings (SSSR count). The van der Waals surface area contributed by atoms with Gasteiger partial charge in [0.15, 0.2) is 0 Å². The van der Waals surface area contributed by atoms with Crippen LogP contribution in [0.15, 0.2) is 40.9 Å². The molecule has 0 N–H and O–H groups in total. The summed E-state index contributed by atoms with van der Waals surface area (Å²) >= 11 is 15.5. The molecular weight excluding hydrogens is 397 g/mol. The van der Waals surface area contributed by atoms with Gasteiger partial charge in [-0.15, -0.1) is 6.42 Å². The quantitative estimate of drug-likeness (QED) is 0.363. The van der Waals surface area contributed by atoms with Crippen LogP contribution in [0, 0.1) is 23.7 Å². The molecule has 114 valence electrons. The third-order valence-electron chi connectivity index (χ3n) is 2.92. The molecule has 2 aromatic carbocycles. The molecule has 0 bridgehead atoms. The second kappa shape index (κ2) is 8.09. The predicted octanol–water partition coefficient (Wildman–Crippen LogP) is 5.83. The average Bonchev–Trinajstić information content (AvgIpc) is 2.52. The van der Waals surface area contributed by atoms with Gasteiger partial charge in [0.2, 0.25) is 0 Å². The van der Waals surface area contributed by atoms with Crippen molar-refractivity contribution in [2.75, 3.05) is 6.61 Å². The van der Waals surface area contributed by atoms with E-state index in [1.807, 2.05) is 12.1 Å². The van der Waals surface area contributed by atoms with E-state index >= 15 is 0 Å². The number of ether oxygens (including phenoxy) is 1. The number of nitriles is 1. The summed E-state index contributed by atoms with van der Waals surface area (Å²) in [7, 11) is 0. The SMILES string of the molecule is C#CCOc1ccc(/C=C(\C#N)c2ccc(Cl)cc2Cl)cc1Br. The van der Waals surface area contributed by atoms with Crippen LogP contribution in [0.2, 0.25) is 10.0 Å². The van der Waals surface area contributed by atoms with E-state index in [2.05, 4.69) is 27.9 Å². The second-order valence-corrected chi connectivity index (χ2v) is 6.17. The molecule has 0 aliphatic heterocycles. The molecule has 5 heteroatoms. The van der Waals surface area contributed by atoms with Gasteiger partial charge in [0.25, 0.3) is 0 Å². The Hall–Kier alpha value is -1.91. The molecule has 23 heavy (non-hydrogen) atoms. The van der Waals surface area contributed by atoms with E-state index in [0.29, 0.717) is 26.9 Å². The van der Waals surface area contributed by atoms with Crippen molar-refractivity contribution in [3.05, 3.63) is 62.0 Å². The Morgan fingerprint density at radius 3 is 2.65 bits per heavy atom. The van der Waals surface area contributed by atoms with Crippen LogP contribution in [0.4, 0.5) is 0 Å².